The molecule has 2 nitrogen and oxygen atoms in total. The Bertz CT molecular complexity index is 146. The molecule has 0 aliphatic carbocycles. The molecular formula is C11H24N2S. The molecule has 0 amide bonds. The van der Waals surface area contributed by atoms with Crippen molar-refractivity contribution in [1.82, 2.24) is 4.90 Å². The summed E-state index contributed by atoms with van der Waals surface area (Å²) in [6, 6.07) is 0.834. The Hall–Kier alpha value is 0.270. The number of nitrogens with zero attached hydrogens (tertiary/aromatic N) is 1. The van der Waals surface area contributed by atoms with Crippen LogP contribution >= 0.6 is 11.8 Å². The second kappa shape index (κ2) is 6.70. The first-order chi connectivity index (χ1) is 6.74. The van der Waals surface area contributed by atoms with Gasteiger partial charge in [-0.05, 0) is 44.5 Å². The molecule has 0 spiro atoms. The lowest BCUT2D eigenvalue weighted by atomic mass is 10.0. The first kappa shape index (κ1) is 12.3. The van der Waals surface area contributed by atoms with Crippen molar-refractivity contribution < 1.29 is 0 Å². The minimum Gasteiger partial charge on any atom is -0.330 e. The second-order valence-electron chi connectivity index (χ2n) is 4.49. The zero-order valence-corrected chi connectivity index (χ0v) is 10.4. The predicted octanol–water partition coefficient (Wildman–Crippen LogP) is 1.80. The third kappa shape index (κ3) is 4.20. The second-order valence-corrected chi connectivity index (χ2v) is 5.64. The summed E-state index contributed by atoms with van der Waals surface area (Å²) in [4.78, 5) is 2.54. The largest absolute Gasteiger partial charge is 0.330 e. The smallest absolute Gasteiger partial charge is 0.0191 e. The van der Waals surface area contributed by atoms with Gasteiger partial charge in [0, 0.05) is 18.3 Å². The zero-order valence-electron chi connectivity index (χ0n) is 9.54. The van der Waals surface area contributed by atoms with Crippen LogP contribution in [0.5, 0.6) is 0 Å². The molecule has 0 bridgehead atoms. The van der Waals surface area contributed by atoms with Crippen molar-refractivity contribution in [1.29, 1.82) is 0 Å². The number of nitrogens with two attached hydrogens (primary N) is 1. The quantitative estimate of drug-likeness (QED) is 0.734. The molecule has 1 aliphatic rings. The van der Waals surface area contributed by atoms with E-state index in [1.54, 1.807) is 0 Å². The maximum atomic E-state index is 5.51. The van der Waals surface area contributed by atoms with Crippen molar-refractivity contribution in [2.45, 2.75) is 32.2 Å². The van der Waals surface area contributed by atoms with Crippen molar-refractivity contribution in [2.75, 3.05) is 31.6 Å². The minimum absolute atomic E-state index is 0.800. The van der Waals surface area contributed by atoms with Crippen LogP contribution in [-0.4, -0.2) is 42.6 Å². The average molecular weight is 216 g/mol. The molecule has 2 atom stereocenters. The fourth-order valence-corrected chi connectivity index (χ4v) is 3.37. The molecule has 1 saturated heterocycles. The van der Waals surface area contributed by atoms with Gasteiger partial charge in [0.15, 0.2) is 0 Å². The highest BCUT2D eigenvalue weighted by Gasteiger charge is 2.20. The first-order valence-electron chi connectivity index (χ1n) is 5.72. The SMILES string of the molecule is CC(CCCN)CN(C)C1CCSC1. The number of thioether (sulfide) groups is 1. The van der Waals surface area contributed by atoms with Crippen molar-refractivity contribution >= 4 is 11.8 Å². The van der Waals surface area contributed by atoms with Crippen LogP contribution in [0, 0.1) is 5.92 Å². The maximum absolute atomic E-state index is 5.51. The van der Waals surface area contributed by atoms with Gasteiger partial charge >= 0.3 is 0 Å². The van der Waals surface area contributed by atoms with Crippen molar-refractivity contribution in [2.24, 2.45) is 11.7 Å². The average Bonchev–Trinajstić information content (AvgIpc) is 2.67. The predicted molar refractivity (Wildman–Crippen MR) is 65.8 cm³/mol. The summed E-state index contributed by atoms with van der Waals surface area (Å²) in [5, 5.41) is 0. The van der Waals surface area contributed by atoms with Gasteiger partial charge in [-0.2, -0.15) is 11.8 Å². The molecule has 14 heavy (non-hydrogen) atoms. The molecule has 0 radical (unpaired) electrons. The van der Waals surface area contributed by atoms with Gasteiger partial charge in [-0.25, -0.2) is 0 Å². The molecule has 2 unspecified atom stereocenters. The molecule has 0 saturated carbocycles. The van der Waals surface area contributed by atoms with Gasteiger partial charge in [0.25, 0.3) is 0 Å². The lowest BCUT2D eigenvalue weighted by Gasteiger charge is -2.26. The van der Waals surface area contributed by atoms with Gasteiger partial charge in [0.1, 0.15) is 0 Å². The van der Waals surface area contributed by atoms with Crippen LogP contribution in [0.1, 0.15) is 26.2 Å². The topological polar surface area (TPSA) is 29.3 Å². The van der Waals surface area contributed by atoms with Crippen LogP contribution in [0.2, 0.25) is 0 Å². The van der Waals surface area contributed by atoms with E-state index < -0.39 is 0 Å². The highest BCUT2D eigenvalue weighted by molar-refractivity contribution is 7.99. The highest BCUT2D eigenvalue weighted by Crippen LogP contribution is 2.22. The van der Waals surface area contributed by atoms with E-state index in [0.717, 1.165) is 18.5 Å². The van der Waals surface area contributed by atoms with Gasteiger partial charge in [0.05, 0.1) is 0 Å². The molecule has 2 N–H and O–H groups in total. The van der Waals surface area contributed by atoms with Crippen LogP contribution < -0.4 is 5.73 Å². The number of rotatable bonds is 6. The van der Waals surface area contributed by atoms with Gasteiger partial charge in [-0.3, -0.25) is 0 Å². The molecule has 1 rings (SSSR count). The molecule has 0 aromatic heterocycles. The van der Waals surface area contributed by atoms with E-state index in [4.69, 9.17) is 5.73 Å². The van der Waals surface area contributed by atoms with Crippen molar-refractivity contribution in [3.63, 3.8) is 0 Å². The summed E-state index contributed by atoms with van der Waals surface area (Å²) < 4.78 is 0. The summed E-state index contributed by atoms with van der Waals surface area (Å²) >= 11 is 2.09. The third-order valence-electron chi connectivity index (χ3n) is 3.03. The molecule has 3 heteroatoms. The van der Waals surface area contributed by atoms with Crippen molar-refractivity contribution in [3.8, 4) is 0 Å². The maximum Gasteiger partial charge on any atom is 0.0191 e. The Morgan fingerprint density at radius 3 is 2.93 bits per heavy atom. The van der Waals surface area contributed by atoms with Gasteiger partial charge < -0.3 is 10.6 Å². The van der Waals surface area contributed by atoms with E-state index in [0.29, 0.717) is 0 Å². The molecule has 0 aromatic rings. The van der Waals surface area contributed by atoms with Crippen LogP contribution in [0.25, 0.3) is 0 Å². The molecule has 1 aliphatic heterocycles. The Labute approximate surface area is 92.6 Å². The Morgan fingerprint density at radius 1 is 1.57 bits per heavy atom. The lowest BCUT2D eigenvalue weighted by molar-refractivity contribution is 0.222. The lowest BCUT2D eigenvalue weighted by Crippen LogP contribution is -2.35. The minimum atomic E-state index is 0.800. The summed E-state index contributed by atoms with van der Waals surface area (Å²) in [6.07, 6.45) is 3.83. The summed E-state index contributed by atoms with van der Waals surface area (Å²) in [7, 11) is 2.27. The summed E-state index contributed by atoms with van der Waals surface area (Å²) in [6.45, 7) is 4.42. The molecule has 0 aromatic carbocycles. The van der Waals surface area contributed by atoms with E-state index >= 15 is 0 Å². The fourth-order valence-electron chi connectivity index (χ4n) is 2.07. The molecular weight excluding hydrogens is 192 g/mol. The van der Waals surface area contributed by atoms with Crippen LogP contribution in [0.4, 0.5) is 0 Å². The summed E-state index contributed by atoms with van der Waals surface area (Å²) in [5.74, 6) is 3.49. The molecule has 1 fully saturated rings. The van der Waals surface area contributed by atoms with E-state index in [1.165, 1.54) is 37.3 Å². The first-order valence-corrected chi connectivity index (χ1v) is 6.87. The molecule has 1 heterocycles. The van der Waals surface area contributed by atoms with Gasteiger partial charge in [-0.1, -0.05) is 6.92 Å². The summed E-state index contributed by atoms with van der Waals surface area (Å²) in [5.41, 5.74) is 5.51. The standard InChI is InChI=1S/C11H24N2S/c1-10(4-3-6-12)8-13(2)11-5-7-14-9-11/h10-11H,3-9,12H2,1-2H3. The fraction of sp³-hybridized carbons (Fsp3) is 1.00. The number of hydrogen-bond acceptors (Lipinski definition) is 3. The van der Waals surface area contributed by atoms with E-state index in [2.05, 4.69) is 30.6 Å². The van der Waals surface area contributed by atoms with E-state index in [-0.39, 0.29) is 0 Å². The normalized spacial score (nSPS) is 24.4. The van der Waals surface area contributed by atoms with Crippen LogP contribution in [-0.2, 0) is 0 Å². The van der Waals surface area contributed by atoms with Crippen molar-refractivity contribution in [3.05, 3.63) is 0 Å². The van der Waals surface area contributed by atoms with E-state index in [9.17, 15) is 0 Å². The van der Waals surface area contributed by atoms with E-state index in [1.807, 2.05) is 0 Å². The van der Waals surface area contributed by atoms with Crippen LogP contribution in [0.3, 0.4) is 0 Å². The Balaban J connectivity index is 2.14. The third-order valence-corrected chi connectivity index (χ3v) is 4.17. The Morgan fingerprint density at radius 2 is 2.36 bits per heavy atom. The monoisotopic (exact) mass is 216 g/mol. The van der Waals surface area contributed by atoms with Gasteiger partial charge in [-0.15, -0.1) is 0 Å². The molecule has 84 valence electrons. The highest BCUT2D eigenvalue weighted by atomic mass is 32.2. The van der Waals surface area contributed by atoms with Gasteiger partial charge in [0.2, 0.25) is 0 Å². The zero-order chi connectivity index (χ0) is 10.4. The van der Waals surface area contributed by atoms with Crippen LogP contribution in [0.15, 0.2) is 0 Å². The Kier molecular flexibility index (Phi) is 5.90. The number of hydrogen-bond donors (Lipinski definition) is 1.